The van der Waals surface area contributed by atoms with E-state index in [0.717, 1.165) is 13.0 Å². The summed E-state index contributed by atoms with van der Waals surface area (Å²) in [5.41, 5.74) is 2.61. The Hall–Kier alpha value is -0.890. The van der Waals surface area contributed by atoms with E-state index < -0.39 is 0 Å². The van der Waals surface area contributed by atoms with E-state index >= 15 is 0 Å². The molecule has 1 aliphatic rings. The van der Waals surface area contributed by atoms with Crippen molar-refractivity contribution in [2.45, 2.75) is 19.8 Å². The van der Waals surface area contributed by atoms with Crippen LogP contribution in [0, 0.1) is 0 Å². The van der Waals surface area contributed by atoms with Crippen molar-refractivity contribution in [3.63, 3.8) is 0 Å². The molecule has 1 rings (SSSR count). The van der Waals surface area contributed by atoms with Crippen LogP contribution in [0.1, 0.15) is 19.8 Å². The largest absolute Gasteiger partial charge is 0.312 e. The highest BCUT2D eigenvalue weighted by Gasteiger charge is 2.15. The third-order valence-electron chi connectivity index (χ3n) is 2.18. The number of allylic oxidation sites excluding steroid dienone is 4. The second-order valence-electron chi connectivity index (χ2n) is 3.09. The molecule has 0 amide bonds. The predicted molar refractivity (Wildman–Crippen MR) is 65.8 cm³/mol. The average Bonchev–Trinajstić information content (AvgIpc) is 2.21. The van der Waals surface area contributed by atoms with Gasteiger partial charge in [-0.15, -0.1) is 0 Å². The van der Waals surface area contributed by atoms with E-state index in [-0.39, 0.29) is 0 Å². The minimum Gasteiger partial charge on any atom is -0.312 e. The van der Waals surface area contributed by atoms with E-state index in [2.05, 4.69) is 29.6 Å². The molecule has 0 saturated heterocycles. The van der Waals surface area contributed by atoms with E-state index in [1.807, 2.05) is 18.4 Å². The Labute approximate surface area is 91.0 Å². The Balaban J connectivity index is 2.94. The van der Waals surface area contributed by atoms with Crippen LogP contribution in [0.3, 0.4) is 0 Å². The summed E-state index contributed by atoms with van der Waals surface area (Å²) in [5.74, 6) is 0. The summed E-state index contributed by atoms with van der Waals surface area (Å²) in [6, 6.07) is 0. The van der Waals surface area contributed by atoms with Crippen molar-refractivity contribution >= 4 is 11.9 Å². The van der Waals surface area contributed by atoms with Crippen LogP contribution in [0.4, 0.5) is 0 Å². The highest BCUT2D eigenvalue weighted by Crippen LogP contribution is 2.29. The first kappa shape index (κ1) is 11.2. The Kier molecular flexibility index (Phi) is 4.60. The van der Waals surface area contributed by atoms with Crippen LogP contribution in [-0.4, -0.2) is 10.8 Å². The highest BCUT2D eigenvalue weighted by atomic mass is 32.2. The molecular formula is C12H17NS. The van der Waals surface area contributed by atoms with Gasteiger partial charge in [-0.05, 0) is 48.8 Å². The fourth-order valence-electron chi connectivity index (χ4n) is 1.58. The van der Waals surface area contributed by atoms with Crippen LogP contribution in [0.25, 0.3) is 0 Å². The van der Waals surface area contributed by atoms with E-state index in [1.165, 1.54) is 17.7 Å². The lowest BCUT2D eigenvalue weighted by atomic mass is 10.0. The summed E-state index contributed by atoms with van der Waals surface area (Å²) >= 11 is 1.66. The van der Waals surface area contributed by atoms with Crippen LogP contribution >= 0.6 is 11.9 Å². The van der Waals surface area contributed by atoms with Gasteiger partial charge in [0.05, 0.1) is 5.70 Å². The SMILES string of the molecule is C=CSN1CCCC(C=C)=C1/C=C\C. The molecule has 2 heteroatoms. The van der Waals surface area contributed by atoms with Crippen molar-refractivity contribution in [2.75, 3.05) is 6.54 Å². The molecule has 1 heterocycles. The maximum Gasteiger partial charge on any atom is 0.0501 e. The predicted octanol–water partition coefficient (Wildman–Crippen LogP) is 3.89. The third-order valence-corrected chi connectivity index (χ3v) is 2.96. The first-order chi connectivity index (χ1) is 6.83. The Morgan fingerprint density at radius 3 is 2.79 bits per heavy atom. The fourth-order valence-corrected chi connectivity index (χ4v) is 2.28. The Morgan fingerprint density at radius 2 is 2.21 bits per heavy atom. The van der Waals surface area contributed by atoms with Gasteiger partial charge in [0.15, 0.2) is 0 Å². The van der Waals surface area contributed by atoms with Crippen molar-refractivity contribution in [2.24, 2.45) is 0 Å². The van der Waals surface area contributed by atoms with Gasteiger partial charge in [-0.3, -0.25) is 0 Å². The van der Waals surface area contributed by atoms with Crippen molar-refractivity contribution in [3.8, 4) is 0 Å². The standard InChI is InChI=1S/C12H17NS/c1-4-8-12-11(5-2)9-7-10-13(12)14-6-3/h4-6,8H,2-3,7,9-10H2,1H3/b8-4-. The zero-order valence-corrected chi connectivity index (χ0v) is 9.52. The van der Waals surface area contributed by atoms with Gasteiger partial charge in [0.1, 0.15) is 0 Å². The summed E-state index contributed by atoms with van der Waals surface area (Å²) < 4.78 is 2.27. The molecule has 0 aromatic heterocycles. The average molecular weight is 207 g/mol. The van der Waals surface area contributed by atoms with Crippen molar-refractivity contribution in [1.82, 2.24) is 4.31 Å². The first-order valence-corrected chi connectivity index (χ1v) is 5.70. The van der Waals surface area contributed by atoms with Gasteiger partial charge < -0.3 is 4.31 Å². The Bertz CT molecular complexity index is 276. The summed E-state index contributed by atoms with van der Waals surface area (Å²) in [6.07, 6.45) is 8.51. The second kappa shape index (κ2) is 5.76. The van der Waals surface area contributed by atoms with Crippen molar-refractivity contribution in [3.05, 3.63) is 48.1 Å². The molecule has 0 fully saturated rings. The van der Waals surface area contributed by atoms with Crippen LogP contribution in [0.2, 0.25) is 0 Å². The monoisotopic (exact) mass is 207 g/mol. The van der Waals surface area contributed by atoms with Gasteiger partial charge >= 0.3 is 0 Å². The molecule has 0 unspecified atom stereocenters. The zero-order valence-electron chi connectivity index (χ0n) is 8.70. The van der Waals surface area contributed by atoms with E-state index in [0.29, 0.717) is 0 Å². The molecule has 0 atom stereocenters. The summed E-state index contributed by atoms with van der Waals surface area (Å²) in [6.45, 7) is 10.7. The lowest BCUT2D eigenvalue weighted by Gasteiger charge is -2.29. The molecule has 0 radical (unpaired) electrons. The zero-order chi connectivity index (χ0) is 10.4. The first-order valence-electron chi connectivity index (χ1n) is 4.87. The lowest BCUT2D eigenvalue weighted by molar-refractivity contribution is 0.524. The van der Waals surface area contributed by atoms with Gasteiger partial charge in [-0.2, -0.15) is 0 Å². The second-order valence-corrected chi connectivity index (χ2v) is 4.08. The molecule has 76 valence electrons. The number of nitrogens with zero attached hydrogens (tertiary/aromatic N) is 1. The molecule has 1 nitrogen and oxygen atoms in total. The van der Waals surface area contributed by atoms with Gasteiger partial charge in [-0.1, -0.05) is 25.3 Å². The molecule has 0 aromatic carbocycles. The van der Waals surface area contributed by atoms with Gasteiger partial charge in [0.25, 0.3) is 0 Å². The number of hydrogen-bond acceptors (Lipinski definition) is 2. The number of rotatable bonds is 4. The molecule has 0 aromatic rings. The fraction of sp³-hybridized carbons (Fsp3) is 0.333. The van der Waals surface area contributed by atoms with Crippen LogP contribution in [-0.2, 0) is 0 Å². The van der Waals surface area contributed by atoms with Gasteiger partial charge in [0, 0.05) is 6.54 Å². The molecule has 0 N–H and O–H groups in total. The summed E-state index contributed by atoms with van der Waals surface area (Å²) in [7, 11) is 0. The van der Waals surface area contributed by atoms with E-state index in [4.69, 9.17) is 0 Å². The highest BCUT2D eigenvalue weighted by molar-refractivity contribution is 8.00. The van der Waals surface area contributed by atoms with Crippen LogP contribution in [0.15, 0.2) is 48.1 Å². The molecule has 0 spiro atoms. The molecule has 14 heavy (non-hydrogen) atoms. The third kappa shape index (κ3) is 2.55. The molecule has 0 aliphatic carbocycles. The molecule has 0 bridgehead atoms. The van der Waals surface area contributed by atoms with Crippen molar-refractivity contribution in [1.29, 1.82) is 0 Å². The molecule has 0 saturated carbocycles. The smallest absolute Gasteiger partial charge is 0.0501 e. The Morgan fingerprint density at radius 1 is 1.43 bits per heavy atom. The van der Waals surface area contributed by atoms with E-state index in [9.17, 15) is 0 Å². The topological polar surface area (TPSA) is 3.24 Å². The maximum absolute atomic E-state index is 3.86. The minimum atomic E-state index is 1.09. The van der Waals surface area contributed by atoms with E-state index in [1.54, 1.807) is 11.9 Å². The van der Waals surface area contributed by atoms with Crippen LogP contribution in [0.5, 0.6) is 0 Å². The maximum atomic E-state index is 3.86. The summed E-state index contributed by atoms with van der Waals surface area (Å²) in [4.78, 5) is 0. The molecule has 1 aliphatic heterocycles. The minimum absolute atomic E-state index is 1.09. The molecular weight excluding hydrogens is 190 g/mol. The van der Waals surface area contributed by atoms with Gasteiger partial charge in [0.2, 0.25) is 0 Å². The van der Waals surface area contributed by atoms with Crippen LogP contribution < -0.4 is 0 Å². The lowest BCUT2D eigenvalue weighted by Crippen LogP contribution is -2.20. The quantitative estimate of drug-likeness (QED) is 0.643. The number of hydrogen-bond donors (Lipinski definition) is 0. The normalized spacial score (nSPS) is 17.6. The van der Waals surface area contributed by atoms with Crippen molar-refractivity contribution < 1.29 is 0 Å². The van der Waals surface area contributed by atoms with Gasteiger partial charge in [-0.25, -0.2) is 0 Å². The summed E-state index contributed by atoms with van der Waals surface area (Å²) in [5, 5.41) is 1.87.